The Morgan fingerprint density at radius 1 is 1.43 bits per heavy atom. The average molecular weight is 198 g/mol. The molecule has 80 valence electrons. The molecule has 3 nitrogen and oxygen atoms in total. The van der Waals surface area contributed by atoms with Crippen molar-refractivity contribution in [2.45, 2.75) is 33.1 Å². The van der Waals surface area contributed by atoms with E-state index >= 15 is 0 Å². The standard InChI is InChI=1S/C11H18O3/c1-11(2,10(13)14-3)9-5-4-8(6-9)7-12/h7-9H,4-6H2,1-3H3/t8-,9-/m0/s1. The SMILES string of the molecule is COC(=O)C(C)(C)[C@H]1CC[C@H](C=O)C1. The van der Waals surface area contributed by atoms with E-state index in [1.54, 1.807) is 0 Å². The van der Waals surface area contributed by atoms with Crippen molar-refractivity contribution in [3.8, 4) is 0 Å². The molecule has 1 rings (SSSR count). The zero-order chi connectivity index (χ0) is 10.8. The van der Waals surface area contributed by atoms with Crippen molar-refractivity contribution in [3.05, 3.63) is 0 Å². The van der Waals surface area contributed by atoms with E-state index in [-0.39, 0.29) is 17.8 Å². The van der Waals surface area contributed by atoms with Crippen LogP contribution in [0.15, 0.2) is 0 Å². The summed E-state index contributed by atoms with van der Waals surface area (Å²) in [7, 11) is 1.41. The van der Waals surface area contributed by atoms with Crippen LogP contribution in [0.3, 0.4) is 0 Å². The molecule has 0 spiro atoms. The number of hydrogen-bond donors (Lipinski definition) is 0. The van der Waals surface area contributed by atoms with Crippen molar-refractivity contribution in [2.24, 2.45) is 17.3 Å². The smallest absolute Gasteiger partial charge is 0.311 e. The van der Waals surface area contributed by atoms with Crippen LogP contribution in [-0.2, 0) is 14.3 Å². The van der Waals surface area contributed by atoms with Gasteiger partial charge in [0.15, 0.2) is 0 Å². The van der Waals surface area contributed by atoms with Gasteiger partial charge in [-0.2, -0.15) is 0 Å². The fourth-order valence-corrected chi connectivity index (χ4v) is 2.23. The highest BCUT2D eigenvalue weighted by Gasteiger charge is 2.41. The molecule has 1 aliphatic rings. The molecule has 0 heterocycles. The summed E-state index contributed by atoms with van der Waals surface area (Å²) < 4.78 is 4.77. The molecule has 3 heteroatoms. The van der Waals surface area contributed by atoms with Gasteiger partial charge in [0, 0.05) is 5.92 Å². The Bertz CT molecular complexity index is 233. The first-order chi connectivity index (χ1) is 6.52. The van der Waals surface area contributed by atoms with Gasteiger partial charge >= 0.3 is 5.97 Å². The first-order valence-electron chi connectivity index (χ1n) is 5.06. The molecular weight excluding hydrogens is 180 g/mol. The maximum Gasteiger partial charge on any atom is 0.311 e. The molecular formula is C11H18O3. The van der Waals surface area contributed by atoms with Crippen LogP contribution < -0.4 is 0 Å². The van der Waals surface area contributed by atoms with E-state index in [1.807, 2.05) is 13.8 Å². The molecule has 1 saturated carbocycles. The summed E-state index contributed by atoms with van der Waals surface area (Å²) in [6.07, 6.45) is 3.69. The minimum absolute atomic E-state index is 0.143. The lowest BCUT2D eigenvalue weighted by Crippen LogP contribution is -2.32. The molecule has 0 bridgehead atoms. The fraction of sp³-hybridized carbons (Fsp3) is 0.818. The number of carbonyl (C=O) groups excluding carboxylic acids is 2. The van der Waals surface area contributed by atoms with E-state index in [1.165, 1.54) is 7.11 Å². The normalized spacial score (nSPS) is 27.4. The Kier molecular flexibility index (Phi) is 3.29. The molecule has 0 saturated heterocycles. The van der Waals surface area contributed by atoms with Gasteiger partial charge in [-0.1, -0.05) is 0 Å². The second-order valence-corrected chi connectivity index (χ2v) is 4.62. The monoisotopic (exact) mass is 198 g/mol. The van der Waals surface area contributed by atoms with Crippen LogP contribution in [0.5, 0.6) is 0 Å². The van der Waals surface area contributed by atoms with Crippen molar-refractivity contribution < 1.29 is 14.3 Å². The minimum Gasteiger partial charge on any atom is -0.469 e. The van der Waals surface area contributed by atoms with Gasteiger partial charge in [0.05, 0.1) is 12.5 Å². The summed E-state index contributed by atoms with van der Waals surface area (Å²) >= 11 is 0. The summed E-state index contributed by atoms with van der Waals surface area (Å²) in [4.78, 5) is 22.1. The third kappa shape index (κ3) is 1.97. The van der Waals surface area contributed by atoms with Crippen LogP contribution >= 0.6 is 0 Å². The molecule has 1 fully saturated rings. The van der Waals surface area contributed by atoms with Crippen molar-refractivity contribution >= 4 is 12.3 Å². The summed E-state index contributed by atoms with van der Waals surface area (Å²) in [5, 5.41) is 0. The Morgan fingerprint density at radius 2 is 2.07 bits per heavy atom. The van der Waals surface area contributed by atoms with Crippen LogP contribution in [-0.4, -0.2) is 19.4 Å². The van der Waals surface area contributed by atoms with Crippen LogP contribution in [0.4, 0.5) is 0 Å². The Morgan fingerprint density at radius 3 is 2.50 bits per heavy atom. The summed E-state index contributed by atoms with van der Waals surface area (Å²) in [6.45, 7) is 3.80. The Labute approximate surface area is 84.8 Å². The summed E-state index contributed by atoms with van der Waals surface area (Å²) in [5.74, 6) is 0.253. The van der Waals surface area contributed by atoms with E-state index in [9.17, 15) is 9.59 Å². The predicted molar refractivity (Wildman–Crippen MR) is 52.7 cm³/mol. The van der Waals surface area contributed by atoms with Crippen molar-refractivity contribution in [1.82, 2.24) is 0 Å². The maximum absolute atomic E-state index is 11.5. The maximum atomic E-state index is 11.5. The van der Waals surface area contributed by atoms with Gasteiger partial charge in [-0.25, -0.2) is 0 Å². The molecule has 14 heavy (non-hydrogen) atoms. The van der Waals surface area contributed by atoms with Gasteiger partial charge in [0.1, 0.15) is 6.29 Å². The molecule has 0 aromatic carbocycles. The quantitative estimate of drug-likeness (QED) is 0.513. The third-order valence-corrected chi connectivity index (χ3v) is 3.40. The molecule has 0 N–H and O–H groups in total. The van der Waals surface area contributed by atoms with E-state index in [0.29, 0.717) is 0 Å². The molecule has 1 aliphatic carbocycles. The van der Waals surface area contributed by atoms with Crippen LogP contribution in [0.1, 0.15) is 33.1 Å². The highest BCUT2D eigenvalue weighted by atomic mass is 16.5. The molecule has 0 aromatic heterocycles. The zero-order valence-corrected chi connectivity index (χ0v) is 9.08. The molecule has 0 radical (unpaired) electrons. The molecule has 2 atom stereocenters. The number of ether oxygens (including phenoxy) is 1. The van der Waals surface area contributed by atoms with Gasteiger partial charge in [0.2, 0.25) is 0 Å². The number of carbonyl (C=O) groups is 2. The van der Waals surface area contributed by atoms with E-state index in [2.05, 4.69) is 0 Å². The summed E-state index contributed by atoms with van der Waals surface area (Å²) in [6, 6.07) is 0. The molecule has 0 unspecified atom stereocenters. The number of hydrogen-bond acceptors (Lipinski definition) is 3. The topological polar surface area (TPSA) is 43.4 Å². The van der Waals surface area contributed by atoms with Gasteiger partial charge in [-0.05, 0) is 39.0 Å². The average Bonchev–Trinajstić information content (AvgIpc) is 2.65. The Hall–Kier alpha value is -0.860. The largest absolute Gasteiger partial charge is 0.469 e. The van der Waals surface area contributed by atoms with Crippen molar-refractivity contribution in [3.63, 3.8) is 0 Å². The van der Waals surface area contributed by atoms with Gasteiger partial charge < -0.3 is 9.53 Å². The Balaban J connectivity index is 2.65. The number of rotatable bonds is 3. The third-order valence-electron chi connectivity index (χ3n) is 3.40. The molecule has 0 aliphatic heterocycles. The number of esters is 1. The second-order valence-electron chi connectivity index (χ2n) is 4.62. The van der Waals surface area contributed by atoms with Crippen molar-refractivity contribution in [2.75, 3.05) is 7.11 Å². The lowest BCUT2D eigenvalue weighted by molar-refractivity contribution is -0.154. The van der Waals surface area contributed by atoms with Gasteiger partial charge in [0.25, 0.3) is 0 Å². The first kappa shape index (κ1) is 11.2. The lowest BCUT2D eigenvalue weighted by atomic mass is 9.77. The predicted octanol–water partition coefficient (Wildman–Crippen LogP) is 1.80. The van der Waals surface area contributed by atoms with Gasteiger partial charge in [-0.15, -0.1) is 0 Å². The number of methoxy groups -OCH3 is 1. The van der Waals surface area contributed by atoms with E-state index in [0.717, 1.165) is 25.5 Å². The first-order valence-corrected chi connectivity index (χ1v) is 5.06. The van der Waals surface area contributed by atoms with E-state index in [4.69, 9.17) is 4.74 Å². The molecule has 0 amide bonds. The van der Waals surface area contributed by atoms with Gasteiger partial charge in [-0.3, -0.25) is 4.79 Å². The lowest BCUT2D eigenvalue weighted by Gasteiger charge is -2.28. The minimum atomic E-state index is -0.452. The van der Waals surface area contributed by atoms with Crippen molar-refractivity contribution in [1.29, 1.82) is 0 Å². The highest BCUT2D eigenvalue weighted by Crippen LogP contribution is 2.42. The van der Waals surface area contributed by atoms with Crippen LogP contribution in [0, 0.1) is 17.3 Å². The second kappa shape index (κ2) is 4.11. The highest BCUT2D eigenvalue weighted by molar-refractivity contribution is 5.76. The van der Waals surface area contributed by atoms with E-state index < -0.39 is 5.41 Å². The molecule has 0 aromatic rings. The van der Waals surface area contributed by atoms with Crippen LogP contribution in [0.2, 0.25) is 0 Å². The zero-order valence-electron chi connectivity index (χ0n) is 9.08. The number of aldehydes is 1. The summed E-state index contributed by atoms with van der Waals surface area (Å²) in [5.41, 5.74) is -0.452. The fourth-order valence-electron chi connectivity index (χ4n) is 2.23. The van der Waals surface area contributed by atoms with Crippen LogP contribution in [0.25, 0.3) is 0 Å².